The fourth-order valence-corrected chi connectivity index (χ4v) is 1.93. The van der Waals surface area contributed by atoms with Gasteiger partial charge in [-0.3, -0.25) is 14.2 Å². The van der Waals surface area contributed by atoms with E-state index in [9.17, 15) is 14.7 Å². The summed E-state index contributed by atoms with van der Waals surface area (Å²) >= 11 is 0. The van der Waals surface area contributed by atoms with Crippen LogP contribution in [0.3, 0.4) is 0 Å². The molecule has 0 fully saturated rings. The maximum atomic E-state index is 12.0. The first kappa shape index (κ1) is 12.9. The number of benzene rings is 1. The summed E-state index contributed by atoms with van der Waals surface area (Å²) in [6.07, 6.45) is 0. The third kappa shape index (κ3) is 2.49. The summed E-state index contributed by atoms with van der Waals surface area (Å²) < 4.78 is 1.03. The molecule has 98 valence electrons. The topological polar surface area (TPSA) is 79.5 Å². The minimum Gasteiger partial charge on any atom is -0.503 e. The normalized spacial score (nSPS) is 10.4. The number of aryl methyl sites for hydroxylation is 1. The Morgan fingerprint density at radius 1 is 1.26 bits per heavy atom. The van der Waals surface area contributed by atoms with Crippen molar-refractivity contribution in [1.29, 1.82) is 0 Å². The second-order valence-electron chi connectivity index (χ2n) is 4.20. The van der Waals surface area contributed by atoms with Crippen LogP contribution in [0.1, 0.15) is 5.69 Å². The Bertz CT molecular complexity index is 674. The second-order valence-corrected chi connectivity index (χ2v) is 4.20. The number of aromatic hydroxyl groups is 1. The van der Waals surface area contributed by atoms with Gasteiger partial charge in [-0.05, 0) is 18.6 Å². The first-order valence-corrected chi connectivity index (χ1v) is 5.71. The van der Waals surface area contributed by atoms with Crippen LogP contribution in [0, 0.1) is 6.92 Å². The van der Waals surface area contributed by atoms with E-state index in [2.05, 4.69) is 0 Å². The van der Waals surface area contributed by atoms with Crippen molar-refractivity contribution in [3.63, 3.8) is 0 Å². The lowest BCUT2D eigenvalue weighted by molar-refractivity contribution is -0.137. The van der Waals surface area contributed by atoms with Crippen molar-refractivity contribution in [3.05, 3.63) is 52.4 Å². The maximum absolute atomic E-state index is 12.0. The number of aromatic nitrogens is 1. The number of nitrogens with zero attached hydrogens (tertiary/aromatic N) is 1. The second kappa shape index (κ2) is 4.97. The van der Waals surface area contributed by atoms with Crippen LogP contribution >= 0.6 is 0 Å². The van der Waals surface area contributed by atoms with Crippen molar-refractivity contribution in [2.24, 2.45) is 0 Å². The van der Waals surface area contributed by atoms with Gasteiger partial charge in [0.15, 0.2) is 5.75 Å². The van der Waals surface area contributed by atoms with Gasteiger partial charge in [-0.2, -0.15) is 0 Å². The molecule has 0 atom stereocenters. The van der Waals surface area contributed by atoms with Crippen LogP contribution in [-0.4, -0.2) is 20.7 Å². The Balaban J connectivity index is 2.62. The van der Waals surface area contributed by atoms with E-state index in [0.717, 1.165) is 4.57 Å². The Hall–Kier alpha value is -2.56. The number of rotatable bonds is 3. The average Bonchev–Trinajstić information content (AvgIpc) is 2.39. The van der Waals surface area contributed by atoms with Crippen molar-refractivity contribution < 1.29 is 15.0 Å². The summed E-state index contributed by atoms with van der Waals surface area (Å²) in [6, 6.07) is 10.6. The predicted octanol–water partition coefficient (Wildman–Crippen LogP) is 1.61. The summed E-state index contributed by atoms with van der Waals surface area (Å²) in [5.41, 5.74) is 0.915. The van der Waals surface area contributed by atoms with E-state index in [0.29, 0.717) is 16.8 Å². The zero-order chi connectivity index (χ0) is 14.0. The van der Waals surface area contributed by atoms with E-state index in [1.54, 1.807) is 37.3 Å². The molecule has 1 heterocycles. The first-order valence-electron chi connectivity index (χ1n) is 5.71. The lowest BCUT2D eigenvalue weighted by atomic mass is 10.0. The quantitative estimate of drug-likeness (QED) is 0.877. The number of carbonyl (C=O) groups is 1. The van der Waals surface area contributed by atoms with Crippen molar-refractivity contribution in [2.75, 3.05) is 0 Å². The highest BCUT2D eigenvalue weighted by Crippen LogP contribution is 2.26. The molecule has 19 heavy (non-hydrogen) atoms. The molecule has 0 aliphatic carbocycles. The Labute approximate surface area is 109 Å². The standard InChI is InChI=1S/C14H13NO4/c1-9-7-11(10-5-3-2-4-6-10)13(18)14(19)15(9)8-12(16)17/h2-7,18H,8H2,1H3,(H,16,17). The lowest BCUT2D eigenvalue weighted by Gasteiger charge is -2.11. The summed E-state index contributed by atoms with van der Waals surface area (Å²) in [6.45, 7) is 1.17. The van der Waals surface area contributed by atoms with Crippen LogP contribution in [0.5, 0.6) is 5.75 Å². The van der Waals surface area contributed by atoms with E-state index in [-0.39, 0.29) is 0 Å². The fourth-order valence-electron chi connectivity index (χ4n) is 1.93. The summed E-state index contributed by atoms with van der Waals surface area (Å²) in [5, 5.41) is 18.7. The van der Waals surface area contributed by atoms with E-state index in [1.807, 2.05) is 6.07 Å². The highest BCUT2D eigenvalue weighted by molar-refractivity contribution is 5.71. The van der Waals surface area contributed by atoms with Gasteiger partial charge < -0.3 is 10.2 Å². The number of aliphatic carboxylic acids is 1. The molecule has 0 bridgehead atoms. The number of pyridine rings is 1. The molecule has 0 saturated heterocycles. The highest BCUT2D eigenvalue weighted by atomic mass is 16.4. The van der Waals surface area contributed by atoms with Gasteiger partial charge >= 0.3 is 5.97 Å². The zero-order valence-corrected chi connectivity index (χ0v) is 10.3. The summed E-state index contributed by atoms with van der Waals surface area (Å²) in [7, 11) is 0. The highest BCUT2D eigenvalue weighted by Gasteiger charge is 2.14. The van der Waals surface area contributed by atoms with Crippen molar-refractivity contribution in [1.82, 2.24) is 4.57 Å². The van der Waals surface area contributed by atoms with E-state index < -0.39 is 23.8 Å². The molecule has 0 amide bonds. The molecule has 0 unspecified atom stereocenters. The van der Waals surface area contributed by atoms with E-state index in [4.69, 9.17) is 5.11 Å². The molecule has 1 aromatic heterocycles. The number of carboxylic acids is 1. The molecule has 0 saturated carbocycles. The van der Waals surface area contributed by atoms with Gasteiger partial charge in [-0.15, -0.1) is 0 Å². The smallest absolute Gasteiger partial charge is 0.323 e. The first-order chi connectivity index (χ1) is 9.00. The zero-order valence-electron chi connectivity index (χ0n) is 10.3. The molecule has 2 N–H and O–H groups in total. The Morgan fingerprint density at radius 2 is 1.89 bits per heavy atom. The van der Waals surface area contributed by atoms with Crippen LogP contribution in [0.4, 0.5) is 0 Å². The molecular weight excluding hydrogens is 246 g/mol. The van der Waals surface area contributed by atoms with Gasteiger partial charge in [0.1, 0.15) is 6.54 Å². The maximum Gasteiger partial charge on any atom is 0.323 e. The molecular formula is C14H13NO4. The molecule has 5 nitrogen and oxygen atoms in total. The summed E-state index contributed by atoms with van der Waals surface area (Å²) in [4.78, 5) is 22.7. The van der Waals surface area contributed by atoms with Crippen LogP contribution in [0.15, 0.2) is 41.2 Å². The lowest BCUT2D eigenvalue weighted by Crippen LogP contribution is -2.26. The van der Waals surface area contributed by atoms with Crippen molar-refractivity contribution >= 4 is 5.97 Å². The minimum atomic E-state index is -1.13. The van der Waals surface area contributed by atoms with Gasteiger partial charge in [0.25, 0.3) is 5.56 Å². The van der Waals surface area contributed by atoms with Gasteiger partial charge in [0, 0.05) is 11.3 Å². The number of carboxylic acid groups (broad SMARTS) is 1. The Morgan fingerprint density at radius 3 is 2.47 bits per heavy atom. The van der Waals surface area contributed by atoms with E-state index in [1.165, 1.54) is 0 Å². The van der Waals surface area contributed by atoms with Gasteiger partial charge in [-0.25, -0.2) is 0 Å². The van der Waals surface area contributed by atoms with Crippen LogP contribution < -0.4 is 5.56 Å². The van der Waals surface area contributed by atoms with Gasteiger partial charge in [-0.1, -0.05) is 30.3 Å². The van der Waals surface area contributed by atoms with Crippen LogP contribution in [0.2, 0.25) is 0 Å². The fraction of sp³-hybridized carbons (Fsp3) is 0.143. The Kier molecular flexibility index (Phi) is 3.37. The van der Waals surface area contributed by atoms with Gasteiger partial charge in [0.2, 0.25) is 0 Å². The third-order valence-corrected chi connectivity index (χ3v) is 2.86. The number of hydrogen-bond donors (Lipinski definition) is 2. The molecule has 0 aliphatic heterocycles. The largest absolute Gasteiger partial charge is 0.503 e. The van der Waals surface area contributed by atoms with Crippen LogP contribution in [0.25, 0.3) is 11.1 Å². The molecule has 5 heteroatoms. The SMILES string of the molecule is Cc1cc(-c2ccccc2)c(O)c(=O)n1CC(=O)O. The third-order valence-electron chi connectivity index (χ3n) is 2.86. The predicted molar refractivity (Wildman–Crippen MR) is 70.2 cm³/mol. The molecule has 0 radical (unpaired) electrons. The van der Waals surface area contributed by atoms with Crippen molar-refractivity contribution in [3.8, 4) is 16.9 Å². The molecule has 0 spiro atoms. The van der Waals surface area contributed by atoms with Gasteiger partial charge in [0.05, 0.1) is 0 Å². The molecule has 1 aromatic carbocycles. The minimum absolute atomic E-state index is 0.407. The number of hydrogen-bond acceptors (Lipinski definition) is 3. The van der Waals surface area contributed by atoms with Crippen molar-refractivity contribution in [2.45, 2.75) is 13.5 Å². The monoisotopic (exact) mass is 259 g/mol. The average molecular weight is 259 g/mol. The molecule has 2 rings (SSSR count). The summed E-state index contributed by atoms with van der Waals surface area (Å²) in [5.74, 6) is -1.56. The van der Waals surface area contributed by atoms with E-state index >= 15 is 0 Å². The van der Waals surface area contributed by atoms with Crippen LogP contribution in [-0.2, 0) is 11.3 Å². The molecule has 0 aliphatic rings. The molecule has 2 aromatic rings.